The van der Waals surface area contributed by atoms with Gasteiger partial charge in [0.05, 0.1) is 5.52 Å². The van der Waals surface area contributed by atoms with Crippen LogP contribution in [-0.2, 0) is 0 Å². The molecular weight excluding hydrogens is 323 g/mol. The van der Waals surface area contributed by atoms with E-state index < -0.39 is 5.91 Å². The molecule has 0 bridgehead atoms. The van der Waals surface area contributed by atoms with Gasteiger partial charge in [0.15, 0.2) is 5.69 Å². The lowest BCUT2D eigenvalue weighted by Crippen LogP contribution is -2.26. The van der Waals surface area contributed by atoms with Crippen molar-refractivity contribution < 1.29 is 14.0 Å². The van der Waals surface area contributed by atoms with Gasteiger partial charge >= 0.3 is 0 Å². The minimum Gasteiger partial charge on any atom is -0.349 e. The van der Waals surface area contributed by atoms with E-state index in [4.69, 9.17) is 0 Å². The Morgan fingerprint density at radius 3 is 2.60 bits per heavy atom. The molecule has 0 aliphatic rings. The lowest BCUT2D eigenvalue weighted by Gasteiger charge is -2.03. The van der Waals surface area contributed by atoms with E-state index in [0.717, 1.165) is 6.42 Å². The fourth-order valence-corrected chi connectivity index (χ4v) is 2.41. The molecular formula is C18H17FN4O2. The van der Waals surface area contributed by atoms with Gasteiger partial charge < -0.3 is 10.6 Å². The third kappa shape index (κ3) is 3.50. The third-order valence-corrected chi connectivity index (χ3v) is 3.60. The van der Waals surface area contributed by atoms with Gasteiger partial charge in [-0.05, 0) is 42.8 Å². The number of anilines is 1. The number of carbonyl (C=O) groups excluding carboxylic acids is 2. The molecule has 0 atom stereocenters. The minimum absolute atomic E-state index is 0.131. The van der Waals surface area contributed by atoms with E-state index in [1.807, 2.05) is 6.92 Å². The molecule has 3 rings (SSSR count). The van der Waals surface area contributed by atoms with Crippen LogP contribution in [0, 0.1) is 5.82 Å². The topological polar surface area (TPSA) is 75.5 Å². The van der Waals surface area contributed by atoms with E-state index in [1.54, 1.807) is 28.8 Å². The summed E-state index contributed by atoms with van der Waals surface area (Å²) in [7, 11) is 0. The van der Waals surface area contributed by atoms with Gasteiger partial charge in [0.25, 0.3) is 11.8 Å². The predicted molar refractivity (Wildman–Crippen MR) is 92.2 cm³/mol. The van der Waals surface area contributed by atoms with Crippen molar-refractivity contribution in [2.45, 2.75) is 13.3 Å². The SMILES string of the molecule is CCCNC(=O)c1nc(C(=O)Nc2ccc(F)cc2)c2ccccn12. The Labute approximate surface area is 143 Å². The van der Waals surface area contributed by atoms with Gasteiger partial charge in [0, 0.05) is 18.4 Å². The quantitative estimate of drug-likeness (QED) is 0.750. The van der Waals surface area contributed by atoms with Crippen LogP contribution in [0.3, 0.4) is 0 Å². The highest BCUT2D eigenvalue weighted by atomic mass is 19.1. The molecule has 0 aliphatic heterocycles. The molecule has 2 aromatic heterocycles. The smallest absolute Gasteiger partial charge is 0.287 e. The zero-order valence-electron chi connectivity index (χ0n) is 13.6. The maximum Gasteiger partial charge on any atom is 0.287 e. The van der Waals surface area contributed by atoms with Crippen molar-refractivity contribution >= 4 is 23.0 Å². The minimum atomic E-state index is -0.468. The molecule has 0 fully saturated rings. The largest absolute Gasteiger partial charge is 0.349 e. The maximum atomic E-state index is 13.0. The van der Waals surface area contributed by atoms with Gasteiger partial charge in [-0.25, -0.2) is 9.37 Å². The Morgan fingerprint density at radius 2 is 1.88 bits per heavy atom. The molecule has 0 spiro atoms. The Balaban J connectivity index is 1.94. The monoisotopic (exact) mass is 340 g/mol. The van der Waals surface area contributed by atoms with Crippen molar-refractivity contribution in [3.8, 4) is 0 Å². The fourth-order valence-electron chi connectivity index (χ4n) is 2.41. The molecule has 2 amide bonds. The van der Waals surface area contributed by atoms with Gasteiger partial charge in [-0.3, -0.25) is 14.0 Å². The summed E-state index contributed by atoms with van der Waals surface area (Å²) in [5, 5.41) is 5.41. The molecule has 0 saturated carbocycles. The summed E-state index contributed by atoms with van der Waals surface area (Å²) >= 11 is 0. The maximum absolute atomic E-state index is 13.0. The van der Waals surface area contributed by atoms with Crippen LogP contribution in [0.1, 0.15) is 34.5 Å². The number of carbonyl (C=O) groups is 2. The Hall–Kier alpha value is -3.22. The van der Waals surface area contributed by atoms with Crippen molar-refractivity contribution in [2.24, 2.45) is 0 Å². The van der Waals surface area contributed by atoms with Crippen LogP contribution in [0.4, 0.5) is 10.1 Å². The second-order valence-electron chi connectivity index (χ2n) is 5.46. The van der Waals surface area contributed by atoms with Crippen molar-refractivity contribution in [1.29, 1.82) is 0 Å². The van der Waals surface area contributed by atoms with E-state index in [0.29, 0.717) is 17.7 Å². The van der Waals surface area contributed by atoms with Gasteiger partial charge in [0.2, 0.25) is 5.82 Å². The second kappa shape index (κ2) is 7.12. The summed E-state index contributed by atoms with van der Waals surface area (Å²) < 4.78 is 14.6. The Bertz CT molecular complexity index is 918. The van der Waals surface area contributed by atoms with E-state index in [9.17, 15) is 14.0 Å². The summed E-state index contributed by atoms with van der Waals surface area (Å²) in [4.78, 5) is 29.1. The van der Waals surface area contributed by atoms with E-state index in [-0.39, 0.29) is 23.2 Å². The van der Waals surface area contributed by atoms with Gasteiger partial charge in [-0.15, -0.1) is 0 Å². The summed E-state index contributed by atoms with van der Waals surface area (Å²) in [6.07, 6.45) is 2.48. The molecule has 1 aromatic carbocycles. The van der Waals surface area contributed by atoms with Crippen LogP contribution in [0.25, 0.3) is 5.52 Å². The zero-order valence-corrected chi connectivity index (χ0v) is 13.6. The average Bonchev–Trinajstić information content (AvgIpc) is 3.01. The second-order valence-corrected chi connectivity index (χ2v) is 5.46. The number of aromatic nitrogens is 2. The van der Waals surface area contributed by atoms with Crippen LogP contribution in [0.15, 0.2) is 48.7 Å². The number of benzene rings is 1. The molecule has 0 saturated heterocycles. The number of fused-ring (bicyclic) bond motifs is 1. The normalized spacial score (nSPS) is 10.6. The highest BCUT2D eigenvalue weighted by Gasteiger charge is 2.21. The number of nitrogens with zero attached hydrogens (tertiary/aromatic N) is 2. The highest BCUT2D eigenvalue weighted by molar-refractivity contribution is 6.08. The van der Waals surface area contributed by atoms with Crippen LogP contribution < -0.4 is 10.6 Å². The standard InChI is InChI=1S/C18H17FN4O2/c1-2-10-20-18(25)16-22-15(14-5-3-4-11-23(14)16)17(24)21-13-8-6-12(19)7-9-13/h3-9,11H,2,10H2,1H3,(H,20,25)(H,21,24). The number of pyridine rings is 1. The number of nitrogens with one attached hydrogen (secondary N) is 2. The highest BCUT2D eigenvalue weighted by Crippen LogP contribution is 2.16. The lowest BCUT2D eigenvalue weighted by molar-refractivity contribution is 0.0942. The van der Waals surface area contributed by atoms with Crippen LogP contribution >= 0.6 is 0 Å². The lowest BCUT2D eigenvalue weighted by atomic mass is 10.2. The summed E-state index contributed by atoms with van der Waals surface area (Å²) in [6.45, 7) is 2.48. The van der Waals surface area contributed by atoms with Crippen LogP contribution in [-0.4, -0.2) is 27.7 Å². The Kier molecular flexibility index (Phi) is 4.74. The Morgan fingerprint density at radius 1 is 1.12 bits per heavy atom. The average molecular weight is 340 g/mol. The van der Waals surface area contributed by atoms with Crippen LogP contribution in [0.2, 0.25) is 0 Å². The molecule has 3 aromatic rings. The molecule has 0 aliphatic carbocycles. The number of halogens is 1. The molecule has 2 N–H and O–H groups in total. The summed E-state index contributed by atoms with van der Waals surface area (Å²) in [6, 6.07) is 10.7. The number of hydrogen-bond acceptors (Lipinski definition) is 3. The third-order valence-electron chi connectivity index (χ3n) is 3.60. The fraction of sp³-hybridized carbons (Fsp3) is 0.167. The first-order chi connectivity index (χ1) is 12.1. The molecule has 6 nitrogen and oxygen atoms in total. The van der Waals surface area contributed by atoms with Crippen molar-refractivity contribution in [1.82, 2.24) is 14.7 Å². The van der Waals surface area contributed by atoms with Crippen molar-refractivity contribution in [2.75, 3.05) is 11.9 Å². The molecule has 2 heterocycles. The van der Waals surface area contributed by atoms with Gasteiger partial charge in [-0.1, -0.05) is 13.0 Å². The number of hydrogen-bond donors (Lipinski definition) is 2. The number of imidazole rings is 1. The van der Waals surface area contributed by atoms with E-state index in [2.05, 4.69) is 15.6 Å². The zero-order chi connectivity index (χ0) is 17.8. The van der Waals surface area contributed by atoms with Crippen molar-refractivity contribution in [3.05, 3.63) is 66.0 Å². The molecule has 0 radical (unpaired) electrons. The molecule has 7 heteroatoms. The first-order valence-electron chi connectivity index (χ1n) is 7.92. The predicted octanol–water partition coefficient (Wildman–Crippen LogP) is 2.87. The van der Waals surface area contributed by atoms with Crippen LogP contribution in [0.5, 0.6) is 0 Å². The van der Waals surface area contributed by atoms with E-state index >= 15 is 0 Å². The molecule has 0 unspecified atom stereocenters. The van der Waals surface area contributed by atoms with Crippen molar-refractivity contribution in [3.63, 3.8) is 0 Å². The summed E-state index contributed by atoms with van der Waals surface area (Å²) in [5.74, 6) is -1.05. The van der Waals surface area contributed by atoms with Gasteiger partial charge in [-0.2, -0.15) is 0 Å². The number of rotatable bonds is 5. The first-order valence-corrected chi connectivity index (χ1v) is 7.92. The van der Waals surface area contributed by atoms with Gasteiger partial charge in [0.1, 0.15) is 5.82 Å². The summed E-state index contributed by atoms with van der Waals surface area (Å²) in [5.41, 5.74) is 1.09. The number of amides is 2. The van der Waals surface area contributed by atoms with E-state index in [1.165, 1.54) is 24.3 Å². The first kappa shape index (κ1) is 16.6. The molecule has 128 valence electrons. The molecule has 25 heavy (non-hydrogen) atoms.